The van der Waals surface area contributed by atoms with Gasteiger partial charge >= 0.3 is 0 Å². The molecule has 1 N–H and O–H groups in total. The van der Waals surface area contributed by atoms with Crippen LogP contribution in [0, 0.1) is 12.7 Å². The smallest absolute Gasteiger partial charge is 0.251 e. The summed E-state index contributed by atoms with van der Waals surface area (Å²) in [7, 11) is 0. The van der Waals surface area contributed by atoms with Gasteiger partial charge in [0.1, 0.15) is 5.82 Å². The molecule has 94 valence electrons. The van der Waals surface area contributed by atoms with Crippen molar-refractivity contribution in [1.29, 1.82) is 0 Å². The third-order valence-electron chi connectivity index (χ3n) is 2.44. The van der Waals surface area contributed by atoms with Gasteiger partial charge in [-0.15, -0.1) is 11.3 Å². The van der Waals surface area contributed by atoms with Gasteiger partial charge in [0.15, 0.2) is 0 Å². The highest BCUT2D eigenvalue weighted by molar-refractivity contribution is 9.10. The van der Waals surface area contributed by atoms with Crippen LogP contribution in [0.4, 0.5) is 4.39 Å². The van der Waals surface area contributed by atoms with Crippen molar-refractivity contribution in [3.8, 4) is 0 Å². The number of benzene rings is 1. The number of aryl methyl sites for hydroxylation is 1. The van der Waals surface area contributed by atoms with E-state index in [-0.39, 0.29) is 16.2 Å². The van der Waals surface area contributed by atoms with E-state index in [0.29, 0.717) is 12.1 Å². The first kappa shape index (κ1) is 13.2. The number of carbonyl (C=O) groups excluding carboxylic acids is 1. The van der Waals surface area contributed by atoms with Gasteiger partial charge in [0.25, 0.3) is 5.91 Å². The molecule has 1 amide bonds. The predicted molar refractivity (Wildman–Crippen MR) is 72.1 cm³/mol. The maximum absolute atomic E-state index is 13.0. The number of thiazole rings is 1. The minimum atomic E-state index is -0.384. The SMILES string of the molecule is Cc1ncsc1CNC(=O)c1ccc(F)c(Br)c1. The van der Waals surface area contributed by atoms with Crippen LogP contribution in [0.2, 0.25) is 0 Å². The molecule has 1 heterocycles. The highest BCUT2D eigenvalue weighted by Crippen LogP contribution is 2.17. The molecule has 0 fully saturated rings. The molecule has 0 aliphatic heterocycles. The zero-order valence-corrected chi connectivity index (χ0v) is 11.9. The van der Waals surface area contributed by atoms with Gasteiger partial charge in [0.2, 0.25) is 0 Å². The minimum absolute atomic E-state index is 0.233. The molecule has 0 aliphatic rings. The molecule has 0 saturated carbocycles. The average molecular weight is 329 g/mol. The Morgan fingerprint density at radius 1 is 1.56 bits per heavy atom. The van der Waals surface area contributed by atoms with Gasteiger partial charge in [0, 0.05) is 10.4 Å². The molecular weight excluding hydrogens is 319 g/mol. The normalized spacial score (nSPS) is 10.4. The van der Waals surface area contributed by atoms with Crippen LogP contribution in [0.5, 0.6) is 0 Å². The molecule has 0 saturated heterocycles. The number of amides is 1. The van der Waals surface area contributed by atoms with E-state index >= 15 is 0 Å². The Hall–Kier alpha value is -1.27. The Morgan fingerprint density at radius 2 is 2.33 bits per heavy atom. The van der Waals surface area contributed by atoms with E-state index in [1.54, 1.807) is 5.51 Å². The fourth-order valence-corrected chi connectivity index (χ4v) is 2.49. The second-order valence-corrected chi connectivity index (χ2v) is 5.47. The van der Waals surface area contributed by atoms with Crippen molar-refractivity contribution in [3.05, 3.63) is 50.1 Å². The first-order valence-electron chi connectivity index (χ1n) is 5.20. The molecule has 3 nitrogen and oxygen atoms in total. The molecule has 1 aromatic carbocycles. The summed E-state index contributed by atoms with van der Waals surface area (Å²) < 4.78 is 13.3. The molecule has 2 rings (SSSR count). The summed E-state index contributed by atoms with van der Waals surface area (Å²) in [6.45, 7) is 2.33. The second kappa shape index (κ2) is 5.58. The fourth-order valence-electron chi connectivity index (χ4n) is 1.40. The molecule has 0 spiro atoms. The number of carbonyl (C=O) groups is 1. The second-order valence-electron chi connectivity index (χ2n) is 3.67. The van der Waals surface area contributed by atoms with Crippen molar-refractivity contribution in [2.45, 2.75) is 13.5 Å². The molecule has 18 heavy (non-hydrogen) atoms. The highest BCUT2D eigenvalue weighted by Gasteiger charge is 2.09. The van der Waals surface area contributed by atoms with Crippen LogP contribution in [0.1, 0.15) is 20.9 Å². The molecule has 6 heteroatoms. The van der Waals surface area contributed by atoms with E-state index in [9.17, 15) is 9.18 Å². The van der Waals surface area contributed by atoms with Gasteiger partial charge in [-0.3, -0.25) is 4.79 Å². The third-order valence-corrected chi connectivity index (χ3v) is 3.98. The van der Waals surface area contributed by atoms with Gasteiger partial charge in [-0.1, -0.05) is 0 Å². The predicted octanol–water partition coefficient (Wildman–Crippen LogP) is 3.28. The van der Waals surface area contributed by atoms with Crippen molar-refractivity contribution < 1.29 is 9.18 Å². The monoisotopic (exact) mass is 328 g/mol. The number of hydrogen-bond acceptors (Lipinski definition) is 3. The number of nitrogens with zero attached hydrogens (tertiary/aromatic N) is 1. The Bertz CT molecular complexity index is 585. The third kappa shape index (κ3) is 2.94. The van der Waals surface area contributed by atoms with E-state index in [4.69, 9.17) is 0 Å². The summed E-state index contributed by atoms with van der Waals surface area (Å²) in [5.41, 5.74) is 3.08. The van der Waals surface area contributed by atoms with Crippen LogP contribution in [0.3, 0.4) is 0 Å². The summed E-state index contributed by atoms with van der Waals surface area (Å²) in [4.78, 5) is 17.0. The molecule has 0 atom stereocenters. The lowest BCUT2D eigenvalue weighted by atomic mass is 10.2. The maximum Gasteiger partial charge on any atom is 0.251 e. The molecular formula is C12H10BrFN2OS. The number of nitrogens with one attached hydrogen (secondary N) is 1. The molecule has 0 aliphatic carbocycles. The lowest BCUT2D eigenvalue weighted by molar-refractivity contribution is 0.0951. The lowest BCUT2D eigenvalue weighted by Gasteiger charge is -2.05. The first-order valence-corrected chi connectivity index (χ1v) is 6.87. The van der Waals surface area contributed by atoms with Crippen LogP contribution in [0.15, 0.2) is 28.2 Å². The molecule has 0 unspecified atom stereocenters. The first-order chi connectivity index (χ1) is 8.58. The summed E-state index contributed by atoms with van der Waals surface area (Å²) in [6.07, 6.45) is 0. The van der Waals surface area contributed by atoms with Gasteiger partial charge in [0.05, 0.1) is 22.2 Å². The van der Waals surface area contributed by atoms with E-state index in [1.165, 1.54) is 29.5 Å². The van der Waals surface area contributed by atoms with Gasteiger partial charge in [-0.05, 0) is 41.1 Å². The van der Waals surface area contributed by atoms with Crippen molar-refractivity contribution in [2.24, 2.45) is 0 Å². The minimum Gasteiger partial charge on any atom is -0.347 e. The summed E-state index contributed by atoms with van der Waals surface area (Å²) in [5, 5.41) is 2.78. The van der Waals surface area contributed by atoms with Gasteiger partial charge in [-0.2, -0.15) is 0 Å². The maximum atomic E-state index is 13.0. The zero-order valence-electron chi connectivity index (χ0n) is 9.54. The molecule has 2 aromatic rings. The number of halogens is 2. The van der Waals surface area contributed by atoms with Crippen LogP contribution in [0.25, 0.3) is 0 Å². The molecule has 1 aromatic heterocycles. The molecule has 0 bridgehead atoms. The van der Waals surface area contributed by atoms with Crippen molar-refractivity contribution in [2.75, 3.05) is 0 Å². The highest BCUT2D eigenvalue weighted by atomic mass is 79.9. The zero-order chi connectivity index (χ0) is 13.1. The van der Waals surface area contributed by atoms with E-state index in [2.05, 4.69) is 26.2 Å². The largest absolute Gasteiger partial charge is 0.347 e. The summed E-state index contributed by atoms with van der Waals surface area (Å²) in [6, 6.07) is 4.18. The van der Waals surface area contributed by atoms with Gasteiger partial charge < -0.3 is 5.32 Å². The molecule has 0 radical (unpaired) electrons. The van der Waals surface area contributed by atoms with Crippen molar-refractivity contribution in [1.82, 2.24) is 10.3 Å². The summed E-state index contributed by atoms with van der Waals surface area (Å²) >= 11 is 4.55. The Labute approximate surface area is 116 Å². The number of aromatic nitrogens is 1. The average Bonchev–Trinajstić information content (AvgIpc) is 2.75. The van der Waals surface area contributed by atoms with Gasteiger partial charge in [-0.25, -0.2) is 9.37 Å². The lowest BCUT2D eigenvalue weighted by Crippen LogP contribution is -2.22. The quantitative estimate of drug-likeness (QED) is 0.939. The van der Waals surface area contributed by atoms with Crippen LogP contribution in [-0.2, 0) is 6.54 Å². The fraction of sp³-hybridized carbons (Fsp3) is 0.167. The van der Waals surface area contributed by atoms with Crippen molar-refractivity contribution >= 4 is 33.2 Å². The van der Waals surface area contributed by atoms with Crippen LogP contribution < -0.4 is 5.32 Å². The van der Waals surface area contributed by atoms with Crippen LogP contribution >= 0.6 is 27.3 Å². The Kier molecular flexibility index (Phi) is 4.08. The number of rotatable bonds is 3. The van der Waals surface area contributed by atoms with Crippen molar-refractivity contribution in [3.63, 3.8) is 0 Å². The van der Waals surface area contributed by atoms with E-state index in [1.807, 2.05) is 6.92 Å². The van der Waals surface area contributed by atoms with E-state index < -0.39 is 0 Å². The standard InChI is InChI=1S/C12H10BrFN2OS/c1-7-11(18-6-16-7)5-15-12(17)8-2-3-10(14)9(13)4-8/h2-4,6H,5H2,1H3,(H,15,17). The van der Waals surface area contributed by atoms with E-state index in [0.717, 1.165) is 10.6 Å². The Morgan fingerprint density at radius 3 is 2.94 bits per heavy atom. The van der Waals surface area contributed by atoms with Crippen LogP contribution in [-0.4, -0.2) is 10.9 Å². The number of hydrogen-bond donors (Lipinski definition) is 1. The topological polar surface area (TPSA) is 42.0 Å². The summed E-state index contributed by atoms with van der Waals surface area (Å²) in [5.74, 6) is -0.617. The Balaban J connectivity index is 2.04.